The van der Waals surface area contributed by atoms with Crippen molar-refractivity contribution in [2.75, 3.05) is 11.4 Å². The molecule has 1 saturated carbocycles. The van der Waals surface area contributed by atoms with E-state index in [4.69, 9.17) is 5.11 Å². The highest BCUT2D eigenvalue weighted by Crippen LogP contribution is 2.27. The Hall–Kier alpha value is -1.84. The van der Waals surface area contributed by atoms with Crippen molar-refractivity contribution in [2.45, 2.75) is 44.9 Å². The fourth-order valence-corrected chi connectivity index (χ4v) is 2.93. The van der Waals surface area contributed by atoms with Gasteiger partial charge in [0.25, 0.3) is 0 Å². The number of nitrogens with zero attached hydrogens (tertiary/aromatic N) is 1. The number of aliphatic carboxylic acids is 1. The van der Waals surface area contributed by atoms with Crippen molar-refractivity contribution < 1.29 is 14.7 Å². The SMILES string of the molecule is O=C(O)CCN(C(=O)C1CCCCCC1)c1ccccc1. The minimum atomic E-state index is -0.871. The number of carbonyl (C=O) groups is 2. The first-order valence-electron chi connectivity index (χ1n) is 7.76. The third-order valence-corrected chi connectivity index (χ3v) is 4.09. The highest BCUT2D eigenvalue weighted by atomic mass is 16.4. The van der Waals surface area contributed by atoms with Crippen LogP contribution in [-0.4, -0.2) is 23.5 Å². The van der Waals surface area contributed by atoms with Crippen molar-refractivity contribution in [3.63, 3.8) is 0 Å². The van der Waals surface area contributed by atoms with Gasteiger partial charge in [0.15, 0.2) is 0 Å². The molecule has 1 amide bonds. The van der Waals surface area contributed by atoms with Crippen molar-refractivity contribution in [2.24, 2.45) is 5.92 Å². The number of benzene rings is 1. The molecule has 4 nitrogen and oxygen atoms in total. The van der Waals surface area contributed by atoms with Crippen LogP contribution < -0.4 is 4.90 Å². The van der Waals surface area contributed by atoms with E-state index in [1.807, 2.05) is 30.3 Å². The van der Waals surface area contributed by atoms with Crippen LogP contribution in [0.4, 0.5) is 5.69 Å². The van der Waals surface area contributed by atoms with Crippen LogP contribution in [0.2, 0.25) is 0 Å². The Morgan fingerprint density at radius 3 is 2.24 bits per heavy atom. The molecule has 114 valence electrons. The first-order chi connectivity index (χ1) is 10.2. The van der Waals surface area contributed by atoms with Gasteiger partial charge >= 0.3 is 5.97 Å². The number of carbonyl (C=O) groups excluding carboxylic acids is 1. The van der Waals surface area contributed by atoms with Gasteiger partial charge in [0.05, 0.1) is 6.42 Å². The first-order valence-corrected chi connectivity index (χ1v) is 7.76. The number of carboxylic acids is 1. The van der Waals surface area contributed by atoms with E-state index < -0.39 is 5.97 Å². The summed E-state index contributed by atoms with van der Waals surface area (Å²) in [5.41, 5.74) is 0.799. The van der Waals surface area contributed by atoms with Gasteiger partial charge in [-0.25, -0.2) is 0 Å². The summed E-state index contributed by atoms with van der Waals surface area (Å²) in [4.78, 5) is 25.3. The average molecular weight is 289 g/mol. The molecule has 0 unspecified atom stereocenters. The van der Waals surface area contributed by atoms with Crippen LogP contribution in [0.5, 0.6) is 0 Å². The second kappa shape index (κ2) is 7.81. The van der Waals surface area contributed by atoms with E-state index in [2.05, 4.69) is 0 Å². The molecule has 0 radical (unpaired) electrons. The van der Waals surface area contributed by atoms with E-state index in [-0.39, 0.29) is 24.8 Å². The van der Waals surface area contributed by atoms with Crippen LogP contribution in [0, 0.1) is 5.92 Å². The average Bonchev–Trinajstić information content (AvgIpc) is 2.77. The lowest BCUT2D eigenvalue weighted by atomic mass is 9.98. The van der Waals surface area contributed by atoms with Crippen LogP contribution in [0.3, 0.4) is 0 Å². The molecular formula is C17H23NO3. The van der Waals surface area contributed by atoms with Gasteiger partial charge in [-0.15, -0.1) is 0 Å². The number of carboxylic acid groups (broad SMARTS) is 1. The van der Waals surface area contributed by atoms with E-state index in [1.165, 1.54) is 12.8 Å². The zero-order valence-electron chi connectivity index (χ0n) is 12.3. The van der Waals surface area contributed by atoms with E-state index in [1.54, 1.807) is 4.90 Å². The number of hydrogen-bond acceptors (Lipinski definition) is 2. The van der Waals surface area contributed by atoms with Gasteiger partial charge in [0, 0.05) is 18.2 Å². The minimum Gasteiger partial charge on any atom is -0.481 e. The fourth-order valence-electron chi connectivity index (χ4n) is 2.93. The molecule has 0 aromatic heterocycles. The number of amides is 1. The van der Waals surface area contributed by atoms with E-state index in [9.17, 15) is 9.59 Å². The molecule has 0 bridgehead atoms. The summed E-state index contributed by atoms with van der Waals surface area (Å²) >= 11 is 0. The summed E-state index contributed by atoms with van der Waals surface area (Å²) < 4.78 is 0. The van der Waals surface area contributed by atoms with E-state index in [0.29, 0.717) is 0 Å². The molecule has 21 heavy (non-hydrogen) atoms. The quantitative estimate of drug-likeness (QED) is 0.844. The lowest BCUT2D eigenvalue weighted by molar-refractivity contribution is -0.136. The maximum atomic E-state index is 12.8. The van der Waals surface area contributed by atoms with Crippen molar-refractivity contribution in [1.29, 1.82) is 0 Å². The smallest absolute Gasteiger partial charge is 0.305 e. The Balaban J connectivity index is 2.13. The molecule has 1 aliphatic carbocycles. The fraction of sp³-hybridized carbons (Fsp3) is 0.529. The van der Waals surface area contributed by atoms with Gasteiger partial charge in [-0.3, -0.25) is 9.59 Å². The Kier molecular flexibility index (Phi) is 5.78. The summed E-state index contributed by atoms with van der Waals surface area (Å²) in [6.07, 6.45) is 6.42. The van der Waals surface area contributed by atoms with Gasteiger partial charge in [0.1, 0.15) is 0 Å². The molecule has 1 fully saturated rings. The highest BCUT2D eigenvalue weighted by molar-refractivity contribution is 5.95. The molecule has 0 aliphatic heterocycles. The number of hydrogen-bond donors (Lipinski definition) is 1. The van der Waals surface area contributed by atoms with Gasteiger partial charge in [-0.2, -0.15) is 0 Å². The monoisotopic (exact) mass is 289 g/mol. The van der Waals surface area contributed by atoms with Crippen molar-refractivity contribution in [3.8, 4) is 0 Å². The maximum absolute atomic E-state index is 12.8. The molecule has 4 heteroatoms. The summed E-state index contributed by atoms with van der Waals surface area (Å²) in [7, 11) is 0. The molecular weight excluding hydrogens is 266 g/mol. The minimum absolute atomic E-state index is 0.0205. The third kappa shape index (κ3) is 4.59. The molecule has 0 atom stereocenters. The van der Waals surface area contributed by atoms with E-state index >= 15 is 0 Å². The van der Waals surface area contributed by atoms with Crippen molar-refractivity contribution >= 4 is 17.6 Å². The van der Waals surface area contributed by atoms with Gasteiger partial charge < -0.3 is 10.0 Å². The Labute approximate surface area is 125 Å². The molecule has 0 heterocycles. The van der Waals surface area contributed by atoms with Crippen molar-refractivity contribution in [1.82, 2.24) is 0 Å². The highest BCUT2D eigenvalue weighted by Gasteiger charge is 2.26. The first kappa shape index (κ1) is 15.5. The molecule has 1 aromatic carbocycles. The number of anilines is 1. The van der Waals surface area contributed by atoms with Crippen LogP contribution in [0.25, 0.3) is 0 Å². The standard InChI is InChI=1S/C17H23NO3/c19-16(20)12-13-18(15-10-6-3-7-11-15)17(21)14-8-4-1-2-5-9-14/h3,6-7,10-11,14H,1-2,4-5,8-9,12-13H2,(H,19,20). The molecule has 1 N–H and O–H groups in total. The largest absolute Gasteiger partial charge is 0.481 e. The van der Waals surface area contributed by atoms with Gasteiger partial charge in [-0.1, -0.05) is 43.9 Å². The predicted molar refractivity (Wildman–Crippen MR) is 82.2 cm³/mol. The Morgan fingerprint density at radius 1 is 1.05 bits per heavy atom. The summed E-state index contributed by atoms with van der Waals surface area (Å²) in [6.45, 7) is 0.245. The van der Waals surface area contributed by atoms with Crippen LogP contribution in [0.15, 0.2) is 30.3 Å². The zero-order chi connectivity index (χ0) is 15.1. The van der Waals surface area contributed by atoms with Gasteiger partial charge in [-0.05, 0) is 25.0 Å². The topological polar surface area (TPSA) is 57.6 Å². The van der Waals surface area contributed by atoms with Crippen molar-refractivity contribution in [3.05, 3.63) is 30.3 Å². The summed E-state index contributed by atoms with van der Waals surface area (Å²) in [6, 6.07) is 9.40. The Morgan fingerprint density at radius 2 is 1.67 bits per heavy atom. The molecule has 1 aromatic rings. The lowest BCUT2D eigenvalue weighted by Gasteiger charge is -2.26. The Bertz CT molecular complexity index is 464. The number of para-hydroxylation sites is 1. The predicted octanol–water partition coefficient (Wildman–Crippen LogP) is 3.46. The van der Waals surface area contributed by atoms with Crippen LogP contribution >= 0.6 is 0 Å². The van der Waals surface area contributed by atoms with Gasteiger partial charge in [0.2, 0.25) is 5.91 Å². The zero-order valence-corrected chi connectivity index (χ0v) is 12.3. The number of rotatable bonds is 5. The maximum Gasteiger partial charge on any atom is 0.305 e. The summed E-state index contributed by atoms with van der Waals surface area (Å²) in [5, 5.41) is 8.91. The van der Waals surface area contributed by atoms with Crippen LogP contribution in [0.1, 0.15) is 44.9 Å². The second-order valence-corrected chi connectivity index (χ2v) is 5.66. The van der Waals surface area contributed by atoms with Crippen LogP contribution in [-0.2, 0) is 9.59 Å². The molecule has 0 spiro atoms. The van der Waals surface area contributed by atoms with E-state index in [0.717, 1.165) is 31.4 Å². The molecule has 0 saturated heterocycles. The third-order valence-electron chi connectivity index (χ3n) is 4.09. The molecule has 1 aliphatic rings. The summed E-state index contributed by atoms with van der Waals surface area (Å²) in [5.74, 6) is -0.740. The molecule has 2 rings (SSSR count). The second-order valence-electron chi connectivity index (χ2n) is 5.66. The lowest BCUT2D eigenvalue weighted by Crippen LogP contribution is -2.37. The normalized spacial score (nSPS) is 16.2.